The molecule has 0 spiro atoms. The van der Waals surface area contributed by atoms with E-state index in [1.807, 2.05) is 37.3 Å². The number of sulfonamides is 1. The van der Waals surface area contributed by atoms with Crippen LogP contribution in [0.25, 0.3) is 0 Å². The van der Waals surface area contributed by atoms with E-state index in [1.165, 1.54) is 22.5 Å². The smallest absolute Gasteiger partial charge is 0.243 e. The summed E-state index contributed by atoms with van der Waals surface area (Å²) < 4.78 is 27.1. The molecule has 1 amide bonds. The summed E-state index contributed by atoms with van der Waals surface area (Å²) in [6, 6.07) is 14.1. The van der Waals surface area contributed by atoms with Crippen LogP contribution in [0, 0.1) is 0 Å². The summed E-state index contributed by atoms with van der Waals surface area (Å²) >= 11 is 11.8. The standard InChI is InChI=1S/C21H25Cl2N3O3S/c1-16(17-5-3-2-4-6-17)24-21(27)9-10-25-11-13-26(14-12-25)30(28,29)18-7-8-19(22)20(23)15-18/h2-8,15-16H,9-14H2,1H3,(H,24,27). The number of hydrogen-bond donors (Lipinski definition) is 1. The van der Waals surface area contributed by atoms with Gasteiger partial charge in [-0.15, -0.1) is 0 Å². The van der Waals surface area contributed by atoms with Gasteiger partial charge in [-0.05, 0) is 30.7 Å². The lowest BCUT2D eigenvalue weighted by atomic mass is 10.1. The molecule has 1 heterocycles. The van der Waals surface area contributed by atoms with E-state index in [4.69, 9.17) is 23.2 Å². The minimum absolute atomic E-state index is 0.0165. The Morgan fingerprint density at radius 3 is 2.33 bits per heavy atom. The number of carbonyl (C=O) groups is 1. The third kappa shape index (κ3) is 5.74. The first-order valence-corrected chi connectivity index (χ1v) is 12.0. The molecule has 1 aliphatic heterocycles. The summed E-state index contributed by atoms with van der Waals surface area (Å²) in [5, 5.41) is 3.54. The third-order valence-corrected chi connectivity index (χ3v) is 7.83. The van der Waals surface area contributed by atoms with E-state index >= 15 is 0 Å². The second-order valence-electron chi connectivity index (χ2n) is 7.27. The number of hydrogen-bond acceptors (Lipinski definition) is 4. The van der Waals surface area contributed by atoms with E-state index in [-0.39, 0.29) is 21.9 Å². The van der Waals surface area contributed by atoms with Gasteiger partial charge in [0.05, 0.1) is 21.0 Å². The zero-order valence-corrected chi connectivity index (χ0v) is 19.1. The second-order valence-corrected chi connectivity index (χ2v) is 10.0. The fourth-order valence-corrected chi connectivity index (χ4v) is 5.19. The van der Waals surface area contributed by atoms with Crippen molar-refractivity contribution in [3.8, 4) is 0 Å². The summed E-state index contributed by atoms with van der Waals surface area (Å²) in [5.74, 6) is -0.0165. The van der Waals surface area contributed by atoms with Crippen LogP contribution in [0.1, 0.15) is 24.9 Å². The maximum Gasteiger partial charge on any atom is 0.243 e. The fourth-order valence-electron chi connectivity index (χ4n) is 3.38. The average molecular weight is 470 g/mol. The molecule has 1 unspecified atom stereocenters. The molecule has 1 atom stereocenters. The van der Waals surface area contributed by atoms with Crippen LogP contribution in [0.5, 0.6) is 0 Å². The first kappa shape index (κ1) is 23.0. The van der Waals surface area contributed by atoms with E-state index in [0.29, 0.717) is 44.2 Å². The molecule has 0 aromatic heterocycles. The van der Waals surface area contributed by atoms with Crippen LogP contribution in [-0.4, -0.2) is 56.3 Å². The van der Waals surface area contributed by atoms with Crippen LogP contribution in [0.15, 0.2) is 53.4 Å². The molecule has 1 saturated heterocycles. The maximum absolute atomic E-state index is 12.8. The van der Waals surface area contributed by atoms with Crippen molar-refractivity contribution in [2.45, 2.75) is 24.3 Å². The monoisotopic (exact) mass is 469 g/mol. The molecular formula is C21H25Cl2N3O3S. The predicted molar refractivity (Wildman–Crippen MR) is 119 cm³/mol. The number of carbonyl (C=O) groups excluding carboxylic acids is 1. The zero-order chi connectivity index (χ0) is 21.7. The largest absolute Gasteiger partial charge is 0.350 e. The van der Waals surface area contributed by atoms with E-state index in [1.54, 1.807) is 0 Å². The van der Waals surface area contributed by atoms with Gasteiger partial charge in [-0.3, -0.25) is 4.79 Å². The van der Waals surface area contributed by atoms with Crippen molar-refractivity contribution >= 4 is 39.1 Å². The van der Waals surface area contributed by atoms with Crippen LogP contribution >= 0.6 is 23.2 Å². The topological polar surface area (TPSA) is 69.7 Å². The van der Waals surface area contributed by atoms with E-state index in [0.717, 1.165) is 5.56 Å². The summed E-state index contributed by atoms with van der Waals surface area (Å²) in [4.78, 5) is 14.5. The molecule has 3 rings (SSSR count). The lowest BCUT2D eigenvalue weighted by Crippen LogP contribution is -2.49. The number of benzene rings is 2. The molecule has 2 aromatic rings. The van der Waals surface area contributed by atoms with Crippen molar-refractivity contribution in [1.82, 2.24) is 14.5 Å². The summed E-state index contributed by atoms with van der Waals surface area (Å²) in [7, 11) is -3.62. The van der Waals surface area contributed by atoms with E-state index in [2.05, 4.69) is 10.2 Å². The van der Waals surface area contributed by atoms with Crippen LogP contribution in [0.4, 0.5) is 0 Å². The Morgan fingerprint density at radius 1 is 1.03 bits per heavy atom. The second kappa shape index (κ2) is 10.1. The Kier molecular flexibility index (Phi) is 7.76. The Morgan fingerprint density at radius 2 is 1.70 bits per heavy atom. The van der Waals surface area contributed by atoms with Crippen LogP contribution in [-0.2, 0) is 14.8 Å². The maximum atomic E-state index is 12.8. The average Bonchev–Trinajstić information content (AvgIpc) is 2.75. The van der Waals surface area contributed by atoms with Gasteiger partial charge in [-0.25, -0.2) is 8.42 Å². The normalized spacial score (nSPS) is 16.9. The van der Waals surface area contributed by atoms with Gasteiger partial charge in [0, 0.05) is 39.1 Å². The number of nitrogens with zero attached hydrogens (tertiary/aromatic N) is 2. The van der Waals surface area contributed by atoms with Crippen LogP contribution < -0.4 is 5.32 Å². The molecule has 0 saturated carbocycles. The van der Waals surface area contributed by atoms with E-state index < -0.39 is 10.0 Å². The lowest BCUT2D eigenvalue weighted by Gasteiger charge is -2.34. The molecule has 0 radical (unpaired) electrons. The van der Waals surface area contributed by atoms with Gasteiger partial charge < -0.3 is 10.2 Å². The summed E-state index contributed by atoms with van der Waals surface area (Å²) in [5.41, 5.74) is 1.06. The number of amides is 1. The molecule has 0 bridgehead atoms. The highest BCUT2D eigenvalue weighted by Gasteiger charge is 2.29. The molecule has 30 heavy (non-hydrogen) atoms. The molecule has 6 nitrogen and oxygen atoms in total. The lowest BCUT2D eigenvalue weighted by molar-refractivity contribution is -0.122. The van der Waals surface area contributed by atoms with Crippen molar-refractivity contribution in [1.29, 1.82) is 0 Å². The zero-order valence-electron chi connectivity index (χ0n) is 16.7. The molecule has 2 aromatic carbocycles. The predicted octanol–water partition coefficient (Wildman–Crippen LogP) is 3.57. The third-order valence-electron chi connectivity index (χ3n) is 5.19. The molecule has 1 aliphatic rings. The number of nitrogens with one attached hydrogen (secondary N) is 1. The summed E-state index contributed by atoms with van der Waals surface area (Å²) in [6.07, 6.45) is 0.372. The highest BCUT2D eigenvalue weighted by atomic mass is 35.5. The van der Waals surface area contributed by atoms with Gasteiger partial charge in [0.2, 0.25) is 15.9 Å². The van der Waals surface area contributed by atoms with Crippen LogP contribution in [0.2, 0.25) is 10.0 Å². The number of piperazine rings is 1. The molecule has 1 fully saturated rings. The molecule has 9 heteroatoms. The van der Waals surface area contributed by atoms with Gasteiger partial charge in [-0.2, -0.15) is 4.31 Å². The summed E-state index contributed by atoms with van der Waals surface area (Å²) in [6.45, 7) is 4.42. The highest BCUT2D eigenvalue weighted by molar-refractivity contribution is 7.89. The van der Waals surface area contributed by atoms with Crippen molar-refractivity contribution < 1.29 is 13.2 Å². The quantitative estimate of drug-likeness (QED) is 0.672. The van der Waals surface area contributed by atoms with Crippen LogP contribution in [0.3, 0.4) is 0 Å². The molecule has 162 valence electrons. The van der Waals surface area contributed by atoms with Crippen molar-refractivity contribution in [3.05, 3.63) is 64.1 Å². The Labute approximate surface area is 187 Å². The molecule has 1 N–H and O–H groups in total. The van der Waals surface area contributed by atoms with Crippen molar-refractivity contribution in [3.63, 3.8) is 0 Å². The van der Waals surface area contributed by atoms with Crippen molar-refractivity contribution in [2.75, 3.05) is 32.7 Å². The highest BCUT2D eigenvalue weighted by Crippen LogP contribution is 2.27. The van der Waals surface area contributed by atoms with Gasteiger partial charge in [0.25, 0.3) is 0 Å². The van der Waals surface area contributed by atoms with E-state index in [9.17, 15) is 13.2 Å². The first-order valence-electron chi connectivity index (χ1n) is 9.79. The molecule has 0 aliphatic carbocycles. The van der Waals surface area contributed by atoms with Crippen molar-refractivity contribution in [2.24, 2.45) is 0 Å². The number of halogens is 2. The Bertz CT molecular complexity index is 978. The Balaban J connectivity index is 1.47. The number of rotatable bonds is 7. The molecular weight excluding hydrogens is 445 g/mol. The van der Waals surface area contributed by atoms with Gasteiger partial charge in [0.1, 0.15) is 0 Å². The van der Waals surface area contributed by atoms with Gasteiger partial charge in [-0.1, -0.05) is 53.5 Å². The fraction of sp³-hybridized carbons (Fsp3) is 0.381. The Hall–Kier alpha value is -1.64. The SMILES string of the molecule is CC(NC(=O)CCN1CCN(S(=O)(=O)c2ccc(Cl)c(Cl)c2)CC1)c1ccccc1. The minimum Gasteiger partial charge on any atom is -0.350 e. The van der Waals surface area contributed by atoms with Gasteiger partial charge >= 0.3 is 0 Å². The van der Waals surface area contributed by atoms with Gasteiger partial charge in [0.15, 0.2) is 0 Å². The minimum atomic E-state index is -3.62. The first-order chi connectivity index (χ1) is 14.3.